The van der Waals surface area contributed by atoms with E-state index >= 15 is 0 Å². The van der Waals surface area contributed by atoms with Gasteiger partial charge in [0.05, 0.1) is 0 Å². The fourth-order valence-corrected chi connectivity index (χ4v) is 5.63. The summed E-state index contributed by atoms with van der Waals surface area (Å²) >= 11 is 0. The van der Waals surface area contributed by atoms with E-state index in [0.29, 0.717) is 17.3 Å². The van der Waals surface area contributed by atoms with E-state index in [9.17, 15) is 0 Å². The molecule has 0 aliphatic heterocycles. The summed E-state index contributed by atoms with van der Waals surface area (Å²) in [6.45, 7) is 0. The van der Waals surface area contributed by atoms with Crippen molar-refractivity contribution in [3.8, 4) is 0 Å². The first-order valence-corrected chi connectivity index (χ1v) is 9.32. The van der Waals surface area contributed by atoms with Gasteiger partial charge in [0.2, 0.25) is 0 Å². The van der Waals surface area contributed by atoms with Crippen molar-refractivity contribution >= 4 is 20.0 Å². The van der Waals surface area contributed by atoms with Crippen LogP contribution in [0.25, 0.3) is 12.2 Å². The number of hydrogen-bond acceptors (Lipinski definition) is 0. The second kappa shape index (κ2) is 5.24. The highest BCUT2D eigenvalue weighted by molar-refractivity contribution is 6.11. The first kappa shape index (κ1) is 14.3. The molecule has 3 atom stereocenters. The Hall–Kier alpha value is -2.02. The van der Waals surface area contributed by atoms with E-state index in [1.165, 1.54) is 30.4 Å². The minimum absolute atomic E-state index is 0.339. The Kier molecular flexibility index (Phi) is 3.13. The van der Waals surface area contributed by atoms with Crippen LogP contribution in [0.4, 0.5) is 0 Å². The molecule has 2 aromatic rings. The lowest BCUT2D eigenvalue weighted by molar-refractivity contribution is 0.233. The lowest BCUT2D eigenvalue weighted by Crippen LogP contribution is -2.30. The molecule has 0 spiro atoms. The normalized spacial score (nSPS) is 32.9. The summed E-state index contributed by atoms with van der Waals surface area (Å²) in [5.74, 6) is 1.94. The van der Waals surface area contributed by atoms with Crippen LogP contribution in [0, 0.1) is 5.41 Å². The van der Waals surface area contributed by atoms with Gasteiger partial charge in [0.15, 0.2) is 0 Å². The van der Waals surface area contributed by atoms with Gasteiger partial charge in [0, 0.05) is 11.8 Å². The van der Waals surface area contributed by atoms with Crippen LogP contribution < -0.4 is 0 Å². The van der Waals surface area contributed by atoms with E-state index in [0.717, 1.165) is 5.82 Å². The van der Waals surface area contributed by atoms with Crippen LogP contribution in [0.3, 0.4) is 0 Å². The van der Waals surface area contributed by atoms with Crippen molar-refractivity contribution in [2.45, 2.75) is 36.9 Å². The van der Waals surface area contributed by atoms with Gasteiger partial charge in [-0.1, -0.05) is 91.5 Å². The average Bonchev–Trinajstić information content (AvgIpc) is 3.31. The molecular weight excluding hydrogens is 287 g/mol. The summed E-state index contributed by atoms with van der Waals surface area (Å²) in [6, 6.07) is 18.0. The summed E-state index contributed by atoms with van der Waals surface area (Å²) in [5, 5.41) is 0. The Morgan fingerprint density at radius 3 is 1.83 bits per heavy atom. The largest absolute Gasteiger partial charge is 0.105 e. The van der Waals surface area contributed by atoms with Gasteiger partial charge in [-0.2, -0.15) is 0 Å². The smallest absolute Gasteiger partial charge is 0.0758 e. The number of allylic oxidation sites excluding steroid dienone is 2. The molecule has 3 aliphatic carbocycles. The number of benzene rings is 2. The number of rotatable bonds is 2. The van der Waals surface area contributed by atoms with Crippen LogP contribution in [0.1, 0.15) is 53.4 Å². The van der Waals surface area contributed by atoms with E-state index in [1.807, 2.05) is 0 Å². The number of fused-ring (bicyclic) bond motifs is 2. The molecule has 0 saturated heterocycles. The standard InChI is InChI=1S/C23H23B/c24-18-13-14-23(15-18,21-11-9-16-5-1-3-7-19(16)21)22-12-10-17-6-2-4-8-20(17)22/h1-12,18,21-22H,13-15,24H2. The van der Waals surface area contributed by atoms with Crippen molar-refractivity contribution in [2.75, 3.05) is 0 Å². The first-order chi connectivity index (χ1) is 11.8. The Balaban J connectivity index is 1.65. The van der Waals surface area contributed by atoms with Crippen LogP contribution in [0.2, 0.25) is 5.82 Å². The zero-order valence-electron chi connectivity index (χ0n) is 14.3. The van der Waals surface area contributed by atoms with Crippen LogP contribution in [0.15, 0.2) is 60.7 Å². The zero-order chi connectivity index (χ0) is 16.1. The molecule has 0 heterocycles. The van der Waals surface area contributed by atoms with Gasteiger partial charge >= 0.3 is 0 Å². The predicted octanol–water partition coefficient (Wildman–Crippen LogP) is 5.20. The van der Waals surface area contributed by atoms with Gasteiger partial charge in [-0.3, -0.25) is 0 Å². The Bertz CT molecular complexity index is 783. The lowest BCUT2D eigenvalue weighted by atomic mass is 9.61. The van der Waals surface area contributed by atoms with Crippen molar-refractivity contribution in [2.24, 2.45) is 5.41 Å². The van der Waals surface area contributed by atoms with Crippen LogP contribution in [-0.2, 0) is 0 Å². The van der Waals surface area contributed by atoms with Crippen molar-refractivity contribution in [3.63, 3.8) is 0 Å². The van der Waals surface area contributed by atoms with Crippen LogP contribution in [0.5, 0.6) is 0 Å². The Morgan fingerprint density at radius 1 is 0.792 bits per heavy atom. The second-order valence-electron chi connectivity index (χ2n) is 8.01. The molecule has 118 valence electrons. The maximum Gasteiger partial charge on any atom is 0.105 e. The molecule has 1 saturated carbocycles. The molecule has 0 aromatic heterocycles. The molecule has 1 heteroatoms. The fourth-order valence-electron chi connectivity index (χ4n) is 5.63. The summed E-state index contributed by atoms with van der Waals surface area (Å²) in [6.07, 6.45) is 13.7. The predicted molar refractivity (Wildman–Crippen MR) is 105 cm³/mol. The van der Waals surface area contributed by atoms with Crippen molar-refractivity contribution in [1.29, 1.82) is 0 Å². The van der Waals surface area contributed by atoms with Gasteiger partial charge in [0.25, 0.3) is 0 Å². The third kappa shape index (κ3) is 1.94. The highest BCUT2D eigenvalue weighted by Crippen LogP contribution is 2.63. The van der Waals surface area contributed by atoms with E-state index in [1.54, 1.807) is 11.1 Å². The molecule has 5 rings (SSSR count). The summed E-state index contributed by atoms with van der Waals surface area (Å²) < 4.78 is 0. The first-order valence-electron chi connectivity index (χ1n) is 9.32. The molecule has 24 heavy (non-hydrogen) atoms. The van der Waals surface area contributed by atoms with Crippen molar-refractivity contribution in [1.82, 2.24) is 0 Å². The lowest BCUT2D eigenvalue weighted by Gasteiger charge is -2.41. The quantitative estimate of drug-likeness (QED) is 0.669. The highest BCUT2D eigenvalue weighted by Gasteiger charge is 2.50. The SMILES string of the molecule is BC1CCC(C2C=Cc3ccccc32)(C2C=Cc3ccccc32)C1. The second-order valence-corrected chi connectivity index (χ2v) is 8.01. The molecule has 0 amide bonds. The fraction of sp³-hybridized carbons (Fsp3) is 0.304. The molecule has 3 unspecified atom stereocenters. The van der Waals surface area contributed by atoms with E-state index < -0.39 is 0 Å². The molecule has 0 N–H and O–H groups in total. The monoisotopic (exact) mass is 310 g/mol. The average molecular weight is 310 g/mol. The summed E-state index contributed by atoms with van der Waals surface area (Å²) in [4.78, 5) is 0. The highest BCUT2D eigenvalue weighted by atomic mass is 14.5. The molecular formula is C23H23B. The molecule has 2 aromatic carbocycles. The maximum atomic E-state index is 2.50. The molecule has 0 bridgehead atoms. The van der Waals surface area contributed by atoms with Crippen LogP contribution >= 0.6 is 0 Å². The van der Waals surface area contributed by atoms with E-state index in [4.69, 9.17) is 0 Å². The molecule has 0 radical (unpaired) electrons. The van der Waals surface area contributed by atoms with Crippen molar-refractivity contribution in [3.05, 3.63) is 82.9 Å². The number of hydrogen-bond donors (Lipinski definition) is 0. The maximum absolute atomic E-state index is 2.50. The molecule has 3 aliphatic rings. The molecule has 0 nitrogen and oxygen atoms in total. The minimum atomic E-state index is 0.339. The third-order valence-electron chi connectivity index (χ3n) is 6.67. The van der Waals surface area contributed by atoms with Gasteiger partial charge in [-0.15, -0.1) is 0 Å². The van der Waals surface area contributed by atoms with Gasteiger partial charge in [-0.25, -0.2) is 0 Å². The van der Waals surface area contributed by atoms with E-state index in [-0.39, 0.29) is 0 Å². The summed E-state index contributed by atoms with van der Waals surface area (Å²) in [7, 11) is 2.44. The van der Waals surface area contributed by atoms with Gasteiger partial charge in [0.1, 0.15) is 7.85 Å². The van der Waals surface area contributed by atoms with E-state index in [2.05, 4.69) is 80.7 Å². The Morgan fingerprint density at radius 2 is 1.33 bits per heavy atom. The Labute approximate surface area is 145 Å². The van der Waals surface area contributed by atoms with Gasteiger partial charge < -0.3 is 0 Å². The van der Waals surface area contributed by atoms with Gasteiger partial charge in [-0.05, 0) is 34.1 Å². The third-order valence-corrected chi connectivity index (χ3v) is 6.67. The minimum Gasteiger partial charge on any atom is -0.0758 e. The topological polar surface area (TPSA) is 0 Å². The van der Waals surface area contributed by atoms with Crippen molar-refractivity contribution < 1.29 is 0 Å². The molecule has 1 fully saturated rings. The van der Waals surface area contributed by atoms with Crippen LogP contribution in [-0.4, -0.2) is 7.85 Å². The summed E-state index contributed by atoms with van der Waals surface area (Å²) in [5.41, 5.74) is 6.29. The zero-order valence-corrected chi connectivity index (χ0v) is 14.3.